The number of hydrogen-bond donors (Lipinski definition) is 1. The summed E-state index contributed by atoms with van der Waals surface area (Å²) in [7, 11) is 0. The van der Waals surface area contributed by atoms with Crippen molar-refractivity contribution in [3.63, 3.8) is 0 Å². The van der Waals surface area contributed by atoms with Crippen molar-refractivity contribution in [3.8, 4) is 0 Å². The van der Waals surface area contributed by atoms with Gasteiger partial charge in [-0.3, -0.25) is 0 Å². The molecule has 5 nitrogen and oxygen atoms in total. The highest BCUT2D eigenvalue weighted by atomic mass is 19.4. The smallest absolute Gasteiger partial charge is 0.431 e. The fraction of sp³-hybridized carbons (Fsp3) is 0.333. The number of carbonyl (C=O) groups is 2. The minimum atomic E-state index is -5.38. The predicted octanol–water partition coefficient (Wildman–Crippen LogP) is 4.68. The summed E-state index contributed by atoms with van der Waals surface area (Å²) in [6, 6.07) is 7.91. The SMILES string of the molecule is CCOC(=O)C1=C(C(F)(F)F)NC(C(F)(F)F)=C(C(=O)OCC)C1/C=C/c1ccccc1. The molecule has 1 aliphatic heterocycles. The molecular formula is C21H19F6NO4. The number of halogens is 6. The summed E-state index contributed by atoms with van der Waals surface area (Å²) in [5, 5.41) is 1.21. The first-order chi connectivity index (χ1) is 14.9. The van der Waals surface area contributed by atoms with Gasteiger partial charge in [-0.1, -0.05) is 42.5 Å². The molecule has 1 aromatic rings. The molecule has 0 fully saturated rings. The number of benzene rings is 1. The third-order valence-corrected chi connectivity index (χ3v) is 4.25. The molecule has 174 valence electrons. The van der Waals surface area contributed by atoms with Crippen LogP contribution in [0.25, 0.3) is 6.08 Å². The van der Waals surface area contributed by atoms with E-state index in [2.05, 4.69) is 9.47 Å². The molecule has 0 spiro atoms. The molecule has 0 aromatic heterocycles. The molecule has 0 saturated carbocycles. The molecule has 11 heteroatoms. The normalized spacial score (nSPS) is 15.8. The van der Waals surface area contributed by atoms with Gasteiger partial charge in [-0.15, -0.1) is 0 Å². The monoisotopic (exact) mass is 463 g/mol. The summed E-state index contributed by atoms with van der Waals surface area (Å²) in [4.78, 5) is 24.9. The van der Waals surface area contributed by atoms with Crippen molar-refractivity contribution in [2.75, 3.05) is 13.2 Å². The van der Waals surface area contributed by atoms with Gasteiger partial charge >= 0.3 is 24.3 Å². The minimum Gasteiger partial charge on any atom is -0.463 e. The van der Waals surface area contributed by atoms with E-state index in [0.717, 1.165) is 6.08 Å². The summed E-state index contributed by atoms with van der Waals surface area (Å²) >= 11 is 0. The molecule has 0 bridgehead atoms. The van der Waals surface area contributed by atoms with Crippen molar-refractivity contribution in [2.24, 2.45) is 5.92 Å². The van der Waals surface area contributed by atoms with E-state index in [-0.39, 0.29) is 13.2 Å². The van der Waals surface area contributed by atoms with Crippen molar-refractivity contribution in [2.45, 2.75) is 26.2 Å². The molecule has 0 radical (unpaired) electrons. The van der Waals surface area contributed by atoms with Gasteiger partial charge < -0.3 is 14.8 Å². The standard InChI is InChI=1S/C21H19F6NO4/c1-3-31-18(29)14-13(11-10-12-8-6-5-7-9-12)15(19(30)32-4-2)17(21(25,26)27)28-16(14)20(22,23)24/h5-11,13,28H,3-4H2,1-2H3/b11-10+. The third-order valence-electron chi connectivity index (χ3n) is 4.25. The zero-order valence-corrected chi connectivity index (χ0v) is 16.9. The van der Waals surface area contributed by atoms with Crippen LogP contribution in [-0.4, -0.2) is 37.5 Å². The molecule has 0 amide bonds. The average Bonchev–Trinajstić information content (AvgIpc) is 2.70. The van der Waals surface area contributed by atoms with Gasteiger partial charge in [-0.25, -0.2) is 9.59 Å². The van der Waals surface area contributed by atoms with Crippen molar-refractivity contribution in [1.29, 1.82) is 0 Å². The Balaban J connectivity index is 2.83. The summed E-state index contributed by atoms with van der Waals surface area (Å²) < 4.78 is 91.6. The first-order valence-corrected chi connectivity index (χ1v) is 9.39. The van der Waals surface area contributed by atoms with Crippen LogP contribution in [0.5, 0.6) is 0 Å². The molecule has 0 unspecified atom stereocenters. The zero-order valence-electron chi connectivity index (χ0n) is 16.9. The van der Waals surface area contributed by atoms with Gasteiger partial charge in [0.2, 0.25) is 0 Å². The van der Waals surface area contributed by atoms with Crippen LogP contribution in [0.1, 0.15) is 19.4 Å². The first kappa shape index (κ1) is 25.0. The maximum Gasteiger partial charge on any atom is 0.431 e. The molecule has 0 aliphatic carbocycles. The van der Waals surface area contributed by atoms with Gasteiger partial charge in [0.15, 0.2) is 0 Å². The Hall–Kier alpha value is -3.24. The number of alkyl halides is 6. The number of allylic oxidation sites excluding steroid dienone is 3. The van der Waals surface area contributed by atoms with Crippen molar-refractivity contribution < 1.29 is 45.4 Å². The van der Waals surface area contributed by atoms with Crippen molar-refractivity contribution >= 4 is 18.0 Å². The van der Waals surface area contributed by atoms with E-state index in [1.807, 2.05) is 0 Å². The Morgan fingerprint density at radius 2 is 1.31 bits per heavy atom. The van der Waals surface area contributed by atoms with Gasteiger partial charge in [0.25, 0.3) is 0 Å². The number of rotatable bonds is 6. The lowest BCUT2D eigenvalue weighted by Gasteiger charge is -2.32. The second kappa shape index (κ2) is 9.92. The number of ether oxygens (including phenoxy) is 2. The van der Waals surface area contributed by atoms with Crippen LogP contribution in [0.4, 0.5) is 26.3 Å². The lowest BCUT2D eigenvalue weighted by Crippen LogP contribution is -2.43. The molecule has 1 aromatic carbocycles. The quantitative estimate of drug-likeness (QED) is 0.491. The number of carbonyl (C=O) groups excluding carboxylic acids is 2. The van der Waals surface area contributed by atoms with E-state index in [1.165, 1.54) is 37.4 Å². The Labute approximate surface area is 179 Å². The molecule has 1 heterocycles. The van der Waals surface area contributed by atoms with Gasteiger partial charge in [-0.05, 0) is 19.4 Å². The zero-order chi connectivity index (χ0) is 24.1. The number of esters is 2. The fourth-order valence-corrected chi connectivity index (χ4v) is 3.00. The van der Waals surface area contributed by atoms with E-state index in [9.17, 15) is 35.9 Å². The Morgan fingerprint density at radius 3 is 1.69 bits per heavy atom. The van der Waals surface area contributed by atoms with E-state index >= 15 is 0 Å². The highest BCUT2D eigenvalue weighted by Crippen LogP contribution is 2.43. The number of dihydropyridines is 1. The van der Waals surface area contributed by atoms with Crippen LogP contribution in [-0.2, 0) is 19.1 Å². The molecule has 1 aliphatic rings. The van der Waals surface area contributed by atoms with Gasteiger partial charge in [0, 0.05) is 5.92 Å². The van der Waals surface area contributed by atoms with E-state index in [1.54, 1.807) is 18.2 Å². The Morgan fingerprint density at radius 1 is 0.875 bits per heavy atom. The highest BCUT2D eigenvalue weighted by Gasteiger charge is 2.52. The van der Waals surface area contributed by atoms with Gasteiger partial charge in [0.1, 0.15) is 11.4 Å². The summed E-state index contributed by atoms with van der Waals surface area (Å²) in [5.74, 6) is -5.07. The Bertz CT molecular complexity index is 893. The lowest BCUT2D eigenvalue weighted by atomic mass is 9.83. The number of hydrogen-bond acceptors (Lipinski definition) is 5. The van der Waals surface area contributed by atoms with Crippen molar-refractivity contribution in [1.82, 2.24) is 5.32 Å². The van der Waals surface area contributed by atoms with Gasteiger partial charge in [0.05, 0.1) is 24.4 Å². The molecule has 0 atom stereocenters. The fourth-order valence-electron chi connectivity index (χ4n) is 3.00. The van der Waals surface area contributed by atoms with E-state index in [4.69, 9.17) is 0 Å². The topological polar surface area (TPSA) is 64.6 Å². The molecule has 32 heavy (non-hydrogen) atoms. The second-order valence-electron chi connectivity index (χ2n) is 6.39. The maximum absolute atomic E-state index is 13.7. The summed E-state index contributed by atoms with van der Waals surface area (Å²) in [5.41, 5.74) is -5.86. The summed E-state index contributed by atoms with van der Waals surface area (Å²) in [6.45, 7) is 1.96. The number of nitrogens with one attached hydrogen (secondary N) is 1. The molecule has 1 N–H and O–H groups in total. The largest absolute Gasteiger partial charge is 0.463 e. The van der Waals surface area contributed by atoms with E-state index < -0.39 is 52.7 Å². The van der Waals surface area contributed by atoms with Gasteiger partial charge in [-0.2, -0.15) is 26.3 Å². The van der Waals surface area contributed by atoms with Crippen LogP contribution in [0.3, 0.4) is 0 Å². The average molecular weight is 463 g/mol. The van der Waals surface area contributed by atoms with Crippen LogP contribution >= 0.6 is 0 Å². The van der Waals surface area contributed by atoms with Crippen LogP contribution < -0.4 is 5.32 Å². The minimum absolute atomic E-state index is 0.340. The Kier molecular flexibility index (Phi) is 7.76. The molecular weight excluding hydrogens is 444 g/mol. The van der Waals surface area contributed by atoms with E-state index in [0.29, 0.717) is 5.56 Å². The summed E-state index contributed by atoms with van der Waals surface area (Å²) in [6.07, 6.45) is -8.64. The second-order valence-corrected chi connectivity index (χ2v) is 6.39. The molecule has 2 rings (SSSR count). The van der Waals surface area contributed by atoms with Crippen LogP contribution in [0, 0.1) is 5.92 Å². The highest BCUT2D eigenvalue weighted by molar-refractivity contribution is 5.99. The predicted molar refractivity (Wildman–Crippen MR) is 102 cm³/mol. The van der Waals surface area contributed by atoms with Crippen molar-refractivity contribution in [3.05, 3.63) is 64.5 Å². The van der Waals surface area contributed by atoms with Crippen LogP contribution in [0.15, 0.2) is 58.9 Å². The molecule has 0 saturated heterocycles. The maximum atomic E-state index is 13.7. The third kappa shape index (κ3) is 5.71. The van der Waals surface area contributed by atoms with Crippen LogP contribution in [0.2, 0.25) is 0 Å². The lowest BCUT2D eigenvalue weighted by molar-refractivity contribution is -0.144. The first-order valence-electron chi connectivity index (χ1n) is 9.39.